The van der Waals surface area contributed by atoms with Crippen LogP contribution in [0.4, 0.5) is 4.39 Å². The molecule has 0 atom stereocenters. The number of piperidine rings is 1. The zero-order valence-electron chi connectivity index (χ0n) is 15.6. The van der Waals surface area contributed by atoms with Gasteiger partial charge in [-0.3, -0.25) is 9.69 Å². The zero-order valence-corrected chi connectivity index (χ0v) is 16.4. The zero-order chi connectivity index (χ0) is 19.7. The molecule has 7 heteroatoms. The second kappa shape index (κ2) is 7.60. The van der Waals surface area contributed by atoms with Crippen molar-refractivity contribution < 1.29 is 18.7 Å². The van der Waals surface area contributed by atoms with Gasteiger partial charge < -0.3 is 14.8 Å². The second-order valence-corrected chi connectivity index (χ2v) is 7.74. The van der Waals surface area contributed by atoms with Crippen LogP contribution in [0.1, 0.15) is 30.9 Å². The first-order chi connectivity index (χ1) is 13.5. The van der Waals surface area contributed by atoms with Crippen LogP contribution < -0.4 is 14.8 Å². The molecule has 5 nitrogen and oxygen atoms in total. The van der Waals surface area contributed by atoms with Crippen LogP contribution in [0.2, 0.25) is 5.02 Å². The molecule has 1 N–H and O–H groups in total. The summed E-state index contributed by atoms with van der Waals surface area (Å²) in [5.74, 6) is 0.818. The molecule has 28 heavy (non-hydrogen) atoms. The second-order valence-electron chi connectivity index (χ2n) is 7.33. The smallest absolute Gasteiger partial charge is 0.231 e. The highest BCUT2D eigenvalue weighted by Gasteiger charge is 2.38. The fourth-order valence-electron chi connectivity index (χ4n) is 4.11. The maximum Gasteiger partial charge on any atom is 0.231 e. The predicted octanol–water partition coefficient (Wildman–Crippen LogP) is 3.84. The van der Waals surface area contributed by atoms with Crippen LogP contribution in [0, 0.1) is 5.82 Å². The van der Waals surface area contributed by atoms with Gasteiger partial charge >= 0.3 is 0 Å². The van der Waals surface area contributed by atoms with Gasteiger partial charge in [0.1, 0.15) is 5.82 Å². The lowest BCUT2D eigenvalue weighted by atomic mass is 9.80. The van der Waals surface area contributed by atoms with Crippen molar-refractivity contribution in [1.82, 2.24) is 10.2 Å². The van der Waals surface area contributed by atoms with Gasteiger partial charge in [-0.25, -0.2) is 4.39 Å². The number of rotatable bonds is 4. The third kappa shape index (κ3) is 3.66. The van der Waals surface area contributed by atoms with Crippen molar-refractivity contribution in [3.8, 4) is 11.5 Å². The molecule has 0 aromatic heterocycles. The molecule has 148 valence electrons. The molecule has 2 aromatic rings. The number of nitrogens with one attached hydrogen (secondary N) is 1. The monoisotopic (exact) mass is 404 g/mol. The van der Waals surface area contributed by atoms with Crippen molar-refractivity contribution in [2.75, 3.05) is 19.9 Å². The summed E-state index contributed by atoms with van der Waals surface area (Å²) in [4.78, 5) is 14.1. The number of nitrogens with zero attached hydrogens (tertiary/aromatic N) is 1. The number of carbonyl (C=O) groups is 1. The van der Waals surface area contributed by atoms with E-state index in [0.717, 1.165) is 18.7 Å². The summed E-state index contributed by atoms with van der Waals surface area (Å²) in [7, 11) is 0. The van der Waals surface area contributed by atoms with Gasteiger partial charge in [0, 0.05) is 32.1 Å². The topological polar surface area (TPSA) is 50.8 Å². The molecular weight excluding hydrogens is 383 g/mol. The Balaban J connectivity index is 1.50. The number of carbonyl (C=O) groups excluding carboxylic acids is 1. The Bertz CT molecular complexity index is 897. The normalized spacial score (nSPS) is 18.1. The van der Waals surface area contributed by atoms with E-state index < -0.39 is 5.54 Å². The maximum atomic E-state index is 14.5. The first-order valence-electron chi connectivity index (χ1n) is 9.31. The average molecular weight is 405 g/mol. The maximum absolute atomic E-state index is 14.5. The van der Waals surface area contributed by atoms with Gasteiger partial charge in [0.05, 0.1) is 10.6 Å². The summed E-state index contributed by atoms with van der Waals surface area (Å²) >= 11 is 6.28. The van der Waals surface area contributed by atoms with Crippen molar-refractivity contribution in [2.45, 2.75) is 31.8 Å². The van der Waals surface area contributed by atoms with E-state index in [1.807, 2.05) is 18.2 Å². The summed E-state index contributed by atoms with van der Waals surface area (Å²) in [5.41, 5.74) is 0.906. The van der Waals surface area contributed by atoms with E-state index in [4.69, 9.17) is 21.1 Å². The van der Waals surface area contributed by atoms with Gasteiger partial charge in [-0.05, 0) is 36.6 Å². The lowest BCUT2D eigenvalue weighted by molar-refractivity contribution is -0.121. The van der Waals surface area contributed by atoms with Crippen LogP contribution in [0.3, 0.4) is 0 Å². The number of ether oxygens (including phenoxy) is 2. The Morgan fingerprint density at radius 3 is 2.71 bits per heavy atom. The summed E-state index contributed by atoms with van der Waals surface area (Å²) in [6, 6.07) is 10.5. The van der Waals surface area contributed by atoms with Gasteiger partial charge in [-0.1, -0.05) is 29.8 Å². The third-order valence-corrected chi connectivity index (χ3v) is 5.69. The largest absolute Gasteiger partial charge is 0.454 e. The van der Waals surface area contributed by atoms with Gasteiger partial charge in [-0.15, -0.1) is 0 Å². The minimum Gasteiger partial charge on any atom is -0.454 e. The van der Waals surface area contributed by atoms with Gasteiger partial charge in [-0.2, -0.15) is 0 Å². The number of amides is 1. The lowest BCUT2D eigenvalue weighted by Crippen LogP contribution is -2.52. The molecule has 1 saturated heterocycles. The van der Waals surface area contributed by atoms with Crippen LogP contribution in [0.5, 0.6) is 11.5 Å². The number of fused-ring (bicyclic) bond motifs is 1. The third-order valence-electron chi connectivity index (χ3n) is 5.41. The van der Waals surface area contributed by atoms with Crippen molar-refractivity contribution in [2.24, 2.45) is 0 Å². The first kappa shape index (κ1) is 19.0. The minimum absolute atomic E-state index is 0.153. The Hall–Kier alpha value is -2.31. The van der Waals surface area contributed by atoms with Crippen molar-refractivity contribution in [1.29, 1.82) is 0 Å². The molecule has 0 saturated carbocycles. The summed E-state index contributed by atoms with van der Waals surface area (Å²) in [6.45, 7) is 3.80. The van der Waals surface area contributed by atoms with Gasteiger partial charge in [0.25, 0.3) is 0 Å². The summed E-state index contributed by atoms with van der Waals surface area (Å²) in [5, 5.41) is 3.56. The molecule has 0 bridgehead atoms. The lowest BCUT2D eigenvalue weighted by Gasteiger charge is -2.42. The highest BCUT2D eigenvalue weighted by Crippen LogP contribution is 2.40. The quantitative estimate of drug-likeness (QED) is 0.841. The predicted molar refractivity (Wildman–Crippen MR) is 104 cm³/mol. The Morgan fingerprint density at radius 2 is 2.00 bits per heavy atom. The van der Waals surface area contributed by atoms with E-state index >= 15 is 0 Å². The number of halogens is 2. The molecule has 1 amide bonds. The van der Waals surface area contributed by atoms with Crippen LogP contribution in [-0.4, -0.2) is 30.7 Å². The first-order valence-corrected chi connectivity index (χ1v) is 9.69. The molecule has 2 aliphatic rings. The molecule has 0 spiro atoms. The highest BCUT2D eigenvalue weighted by molar-refractivity contribution is 6.32. The van der Waals surface area contributed by atoms with Gasteiger partial charge in [0.15, 0.2) is 11.5 Å². The van der Waals surface area contributed by atoms with Gasteiger partial charge in [0.2, 0.25) is 12.7 Å². The van der Waals surface area contributed by atoms with E-state index in [1.165, 1.54) is 13.0 Å². The molecule has 0 radical (unpaired) electrons. The van der Waals surface area contributed by atoms with Crippen molar-refractivity contribution >= 4 is 17.5 Å². The van der Waals surface area contributed by atoms with Crippen LogP contribution >= 0.6 is 11.6 Å². The molecule has 2 aliphatic heterocycles. The van der Waals surface area contributed by atoms with Crippen LogP contribution in [-0.2, 0) is 16.9 Å². The fourth-order valence-corrected chi connectivity index (χ4v) is 4.40. The molecule has 0 unspecified atom stereocenters. The number of likely N-dealkylation sites (tertiary alicyclic amines) is 1. The van der Waals surface area contributed by atoms with Crippen LogP contribution in [0.25, 0.3) is 0 Å². The summed E-state index contributed by atoms with van der Waals surface area (Å²) in [6.07, 6.45) is 1.26. The molecule has 2 heterocycles. The molecule has 2 aromatic carbocycles. The molecular formula is C21H22ClFN2O3. The minimum atomic E-state index is -0.680. The molecule has 4 rings (SSSR count). The van der Waals surface area contributed by atoms with Crippen molar-refractivity contribution in [3.63, 3.8) is 0 Å². The standard InChI is InChI=1S/C21H22ClFN2O3/c1-14(26)24-21(16-4-2-3-5-18(16)23)6-8-25(9-7-21)12-15-10-17(22)20-19(11-15)27-13-28-20/h2-5,10-11H,6-9,12-13H2,1H3,(H,24,26). The van der Waals surface area contributed by atoms with E-state index in [9.17, 15) is 9.18 Å². The van der Waals surface area contributed by atoms with E-state index in [-0.39, 0.29) is 18.5 Å². The average Bonchev–Trinajstić information content (AvgIpc) is 3.13. The Morgan fingerprint density at radius 1 is 1.25 bits per heavy atom. The van der Waals surface area contributed by atoms with E-state index in [0.29, 0.717) is 41.5 Å². The highest BCUT2D eigenvalue weighted by atomic mass is 35.5. The van der Waals surface area contributed by atoms with E-state index in [1.54, 1.807) is 12.1 Å². The molecule has 1 fully saturated rings. The number of hydrogen-bond donors (Lipinski definition) is 1. The van der Waals surface area contributed by atoms with E-state index in [2.05, 4.69) is 10.2 Å². The van der Waals surface area contributed by atoms with Crippen molar-refractivity contribution in [3.05, 3.63) is 58.4 Å². The summed E-state index contributed by atoms with van der Waals surface area (Å²) < 4.78 is 25.3. The fraction of sp³-hybridized carbons (Fsp3) is 0.381. The van der Waals surface area contributed by atoms with Crippen LogP contribution in [0.15, 0.2) is 36.4 Å². The molecule has 0 aliphatic carbocycles. The Labute approximate surface area is 168 Å². The Kier molecular flexibility index (Phi) is 5.17. The number of benzene rings is 2. The SMILES string of the molecule is CC(=O)NC1(c2ccccc2F)CCN(Cc2cc(Cl)c3c(c2)OCO3)CC1. The number of hydrogen-bond acceptors (Lipinski definition) is 4.